The van der Waals surface area contributed by atoms with Crippen molar-refractivity contribution in [1.29, 1.82) is 0 Å². The Morgan fingerprint density at radius 3 is 2.21 bits per heavy atom. The van der Waals surface area contributed by atoms with Crippen molar-refractivity contribution in [2.45, 2.75) is 0 Å². The molecule has 0 heterocycles. The molecule has 0 radical (unpaired) electrons. The van der Waals surface area contributed by atoms with Crippen molar-refractivity contribution >= 4 is 22.1 Å². The van der Waals surface area contributed by atoms with Crippen LogP contribution >= 0.6 is 0 Å². The highest BCUT2D eigenvalue weighted by Gasteiger charge is 2.09. The third-order valence-electron chi connectivity index (χ3n) is 3.31. The van der Waals surface area contributed by atoms with E-state index in [1.54, 1.807) is 0 Å². The van der Waals surface area contributed by atoms with E-state index in [9.17, 15) is 0 Å². The quantitative estimate of drug-likeness (QED) is 0.712. The van der Waals surface area contributed by atoms with Crippen LogP contribution in [0.4, 0.5) is 11.4 Å². The van der Waals surface area contributed by atoms with E-state index < -0.39 is 0 Å². The van der Waals surface area contributed by atoms with Gasteiger partial charge in [-0.05, 0) is 23.6 Å². The fourth-order valence-electron chi connectivity index (χ4n) is 2.39. The fourth-order valence-corrected chi connectivity index (χ4v) is 2.39. The minimum atomic E-state index is 0.456. The van der Waals surface area contributed by atoms with Crippen LogP contribution in [0.15, 0.2) is 72.8 Å². The minimum absolute atomic E-state index is 0.456. The second-order valence-electron chi connectivity index (χ2n) is 4.44. The topological polar surface area (TPSA) is 29.3 Å². The SMILES string of the molecule is NCN(c1ccccc1)c1cccc2ccccc12. The number of benzene rings is 3. The summed E-state index contributed by atoms with van der Waals surface area (Å²) in [5.41, 5.74) is 8.21. The first-order valence-corrected chi connectivity index (χ1v) is 6.40. The average Bonchev–Trinajstić information content (AvgIpc) is 2.49. The lowest BCUT2D eigenvalue weighted by Gasteiger charge is -2.24. The van der Waals surface area contributed by atoms with Gasteiger partial charge in [0.25, 0.3) is 0 Å². The zero-order chi connectivity index (χ0) is 13.1. The standard InChI is InChI=1S/C17H16N2/c18-13-19(15-9-2-1-3-10-15)17-12-6-8-14-7-4-5-11-16(14)17/h1-12H,13,18H2. The summed E-state index contributed by atoms with van der Waals surface area (Å²) in [4.78, 5) is 2.13. The normalized spacial score (nSPS) is 10.6. The van der Waals surface area contributed by atoms with Gasteiger partial charge in [0.1, 0.15) is 0 Å². The molecule has 0 unspecified atom stereocenters. The molecule has 3 rings (SSSR count). The number of nitrogens with two attached hydrogens (primary N) is 1. The van der Waals surface area contributed by atoms with Gasteiger partial charge in [-0.2, -0.15) is 0 Å². The molecule has 2 N–H and O–H groups in total. The van der Waals surface area contributed by atoms with Crippen LogP contribution in [0.25, 0.3) is 10.8 Å². The van der Waals surface area contributed by atoms with E-state index in [2.05, 4.69) is 59.5 Å². The molecule has 0 saturated heterocycles. The van der Waals surface area contributed by atoms with Crippen LogP contribution in [0.5, 0.6) is 0 Å². The maximum atomic E-state index is 5.95. The van der Waals surface area contributed by atoms with Gasteiger partial charge in [0, 0.05) is 11.1 Å². The van der Waals surface area contributed by atoms with E-state index in [0.717, 1.165) is 11.4 Å². The second kappa shape index (κ2) is 5.12. The molecule has 2 heteroatoms. The molecule has 0 bridgehead atoms. The van der Waals surface area contributed by atoms with Gasteiger partial charge in [0.2, 0.25) is 0 Å². The molecule has 0 aliphatic carbocycles. The predicted octanol–water partition coefficient (Wildman–Crippen LogP) is 3.89. The van der Waals surface area contributed by atoms with Crippen molar-refractivity contribution in [2.75, 3.05) is 11.6 Å². The molecular formula is C17H16N2. The van der Waals surface area contributed by atoms with Crippen LogP contribution in [0, 0.1) is 0 Å². The van der Waals surface area contributed by atoms with Crippen molar-refractivity contribution < 1.29 is 0 Å². The first-order chi connectivity index (χ1) is 9.40. The van der Waals surface area contributed by atoms with Gasteiger partial charge >= 0.3 is 0 Å². The molecule has 94 valence electrons. The Hall–Kier alpha value is -2.32. The van der Waals surface area contributed by atoms with E-state index in [4.69, 9.17) is 5.73 Å². The zero-order valence-corrected chi connectivity index (χ0v) is 10.7. The summed E-state index contributed by atoms with van der Waals surface area (Å²) in [6.45, 7) is 0.456. The number of anilines is 2. The van der Waals surface area contributed by atoms with Gasteiger partial charge in [0.15, 0.2) is 0 Å². The van der Waals surface area contributed by atoms with Crippen LogP contribution in [0.1, 0.15) is 0 Å². The molecule has 3 aromatic rings. The molecule has 0 aliphatic rings. The second-order valence-corrected chi connectivity index (χ2v) is 4.44. The van der Waals surface area contributed by atoms with Crippen molar-refractivity contribution in [3.63, 3.8) is 0 Å². The molecular weight excluding hydrogens is 232 g/mol. The van der Waals surface area contributed by atoms with Gasteiger partial charge in [-0.25, -0.2) is 0 Å². The number of hydrogen-bond acceptors (Lipinski definition) is 2. The number of rotatable bonds is 3. The summed E-state index contributed by atoms with van der Waals surface area (Å²) >= 11 is 0. The molecule has 0 fully saturated rings. The van der Waals surface area contributed by atoms with Crippen LogP contribution < -0.4 is 10.6 Å². The smallest absolute Gasteiger partial charge is 0.0706 e. The van der Waals surface area contributed by atoms with E-state index in [-0.39, 0.29) is 0 Å². The first kappa shape index (κ1) is 11.8. The Labute approximate surface area is 113 Å². The van der Waals surface area contributed by atoms with Crippen molar-refractivity contribution in [3.8, 4) is 0 Å². The summed E-state index contributed by atoms with van der Waals surface area (Å²) in [7, 11) is 0. The first-order valence-electron chi connectivity index (χ1n) is 6.40. The Morgan fingerprint density at radius 1 is 0.737 bits per heavy atom. The molecule has 0 saturated carbocycles. The maximum absolute atomic E-state index is 5.95. The van der Waals surface area contributed by atoms with E-state index in [1.165, 1.54) is 10.8 Å². The van der Waals surface area contributed by atoms with Crippen molar-refractivity contribution in [1.82, 2.24) is 0 Å². The van der Waals surface area contributed by atoms with Crippen molar-refractivity contribution in [2.24, 2.45) is 5.73 Å². The largest absolute Gasteiger partial charge is 0.328 e. The van der Waals surface area contributed by atoms with E-state index in [0.29, 0.717) is 6.67 Å². The molecule has 0 atom stereocenters. The summed E-state index contributed by atoms with van der Waals surface area (Å²) in [5, 5.41) is 2.45. The third kappa shape index (κ3) is 2.18. The fraction of sp³-hybridized carbons (Fsp3) is 0.0588. The molecule has 2 nitrogen and oxygen atoms in total. The highest BCUT2D eigenvalue weighted by Crippen LogP contribution is 2.31. The molecule has 0 aliphatic heterocycles. The molecule has 19 heavy (non-hydrogen) atoms. The minimum Gasteiger partial charge on any atom is -0.328 e. The van der Waals surface area contributed by atoms with Crippen LogP contribution in [0.2, 0.25) is 0 Å². The molecule has 0 aromatic heterocycles. The summed E-state index contributed by atoms with van der Waals surface area (Å²) in [6.07, 6.45) is 0. The highest BCUT2D eigenvalue weighted by molar-refractivity contribution is 5.96. The van der Waals surface area contributed by atoms with Crippen molar-refractivity contribution in [3.05, 3.63) is 72.8 Å². The number of hydrogen-bond donors (Lipinski definition) is 1. The maximum Gasteiger partial charge on any atom is 0.0706 e. The molecule has 3 aromatic carbocycles. The van der Waals surface area contributed by atoms with Gasteiger partial charge in [-0.1, -0.05) is 54.6 Å². The lowest BCUT2D eigenvalue weighted by atomic mass is 10.1. The Morgan fingerprint density at radius 2 is 1.42 bits per heavy atom. The monoisotopic (exact) mass is 248 g/mol. The predicted molar refractivity (Wildman–Crippen MR) is 81.6 cm³/mol. The Kier molecular flexibility index (Phi) is 3.17. The van der Waals surface area contributed by atoms with Crippen LogP contribution in [0.3, 0.4) is 0 Å². The lowest BCUT2D eigenvalue weighted by Crippen LogP contribution is -2.24. The Bertz CT molecular complexity index is 672. The van der Waals surface area contributed by atoms with E-state index in [1.807, 2.05) is 18.2 Å². The summed E-state index contributed by atoms with van der Waals surface area (Å²) in [5.74, 6) is 0. The third-order valence-corrected chi connectivity index (χ3v) is 3.31. The lowest BCUT2D eigenvalue weighted by molar-refractivity contribution is 0.988. The summed E-state index contributed by atoms with van der Waals surface area (Å²) < 4.78 is 0. The Balaban J connectivity index is 2.17. The van der Waals surface area contributed by atoms with Gasteiger partial charge in [-0.15, -0.1) is 0 Å². The zero-order valence-electron chi connectivity index (χ0n) is 10.7. The highest BCUT2D eigenvalue weighted by atomic mass is 15.2. The molecule has 0 amide bonds. The van der Waals surface area contributed by atoms with Gasteiger partial charge in [-0.3, -0.25) is 0 Å². The molecule has 0 spiro atoms. The number of para-hydroxylation sites is 1. The average molecular weight is 248 g/mol. The summed E-state index contributed by atoms with van der Waals surface area (Å²) in [6, 6.07) is 24.9. The van der Waals surface area contributed by atoms with E-state index >= 15 is 0 Å². The number of nitrogens with zero attached hydrogens (tertiary/aromatic N) is 1. The van der Waals surface area contributed by atoms with Gasteiger partial charge < -0.3 is 10.6 Å². The number of fused-ring (bicyclic) bond motifs is 1. The van der Waals surface area contributed by atoms with Crippen LogP contribution in [-0.4, -0.2) is 6.67 Å². The van der Waals surface area contributed by atoms with Gasteiger partial charge in [0.05, 0.1) is 12.4 Å². The van der Waals surface area contributed by atoms with Crippen LogP contribution in [-0.2, 0) is 0 Å².